The van der Waals surface area contributed by atoms with Crippen molar-refractivity contribution in [3.05, 3.63) is 71.1 Å². The summed E-state index contributed by atoms with van der Waals surface area (Å²) in [5, 5.41) is 12.3. The van der Waals surface area contributed by atoms with Gasteiger partial charge >= 0.3 is 0 Å². The zero-order valence-corrected chi connectivity index (χ0v) is 12.8. The Kier molecular flexibility index (Phi) is 4.30. The van der Waals surface area contributed by atoms with E-state index < -0.39 is 0 Å². The topological polar surface area (TPSA) is 78.0 Å². The summed E-state index contributed by atoms with van der Waals surface area (Å²) in [6.45, 7) is 0.268. The maximum Gasteiger partial charge on any atom is 0.251 e. The molecule has 1 aromatic heterocycles. The van der Waals surface area contributed by atoms with E-state index >= 15 is 0 Å². The van der Waals surface area contributed by atoms with Crippen LogP contribution in [0.15, 0.2) is 54.7 Å². The molecule has 0 spiro atoms. The highest BCUT2D eigenvalue weighted by molar-refractivity contribution is 6.32. The summed E-state index contributed by atoms with van der Waals surface area (Å²) in [5.74, 6) is 0.313. The highest BCUT2D eigenvalue weighted by atomic mass is 35.5. The van der Waals surface area contributed by atoms with Gasteiger partial charge < -0.3 is 15.4 Å². The van der Waals surface area contributed by atoms with Crippen molar-refractivity contribution in [1.29, 1.82) is 0 Å². The number of phenols is 1. The zero-order chi connectivity index (χ0) is 16.2. The quantitative estimate of drug-likeness (QED) is 0.687. The first-order valence-electron chi connectivity index (χ1n) is 6.99. The van der Waals surface area contributed by atoms with Crippen LogP contribution in [0.2, 0.25) is 5.02 Å². The van der Waals surface area contributed by atoms with Crippen LogP contribution in [0.25, 0.3) is 11.3 Å². The molecule has 5 nitrogen and oxygen atoms in total. The number of amides is 1. The van der Waals surface area contributed by atoms with E-state index in [1.165, 1.54) is 18.2 Å². The molecular formula is C17H14ClN3O2. The van der Waals surface area contributed by atoms with Crippen LogP contribution in [0.4, 0.5) is 0 Å². The average Bonchev–Trinajstić information content (AvgIpc) is 3.05. The molecule has 23 heavy (non-hydrogen) atoms. The van der Waals surface area contributed by atoms with Crippen LogP contribution in [-0.2, 0) is 6.54 Å². The molecule has 0 aliphatic rings. The fourth-order valence-corrected chi connectivity index (χ4v) is 2.31. The van der Waals surface area contributed by atoms with Crippen molar-refractivity contribution < 1.29 is 9.90 Å². The van der Waals surface area contributed by atoms with Crippen molar-refractivity contribution in [2.24, 2.45) is 0 Å². The highest BCUT2D eigenvalue weighted by Gasteiger charge is 2.09. The lowest BCUT2D eigenvalue weighted by molar-refractivity contribution is 0.0950. The van der Waals surface area contributed by atoms with Crippen LogP contribution in [0.5, 0.6) is 5.75 Å². The smallest absolute Gasteiger partial charge is 0.251 e. The minimum Gasteiger partial charge on any atom is -0.506 e. The maximum absolute atomic E-state index is 12.1. The SMILES string of the molecule is O=C(NCc1ncc(-c2ccccc2)[nH]1)c1ccc(O)c(Cl)c1. The predicted molar refractivity (Wildman–Crippen MR) is 88.3 cm³/mol. The van der Waals surface area contributed by atoms with Crippen LogP contribution >= 0.6 is 11.6 Å². The van der Waals surface area contributed by atoms with E-state index in [0.29, 0.717) is 11.4 Å². The first-order chi connectivity index (χ1) is 11.1. The Hall–Kier alpha value is -2.79. The molecule has 0 fully saturated rings. The molecule has 0 unspecified atom stereocenters. The lowest BCUT2D eigenvalue weighted by atomic mass is 10.2. The first kappa shape index (κ1) is 15.1. The van der Waals surface area contributed by atoms with Gasteiger partial charge in [-0.25, -0.2) is 4.98 Å². The minimum atomic E-state index is -0.287. The van der Waals surface area contributed by atoms with E-state index in [1.54, 1.807) is 6.20 Å². The first-order valence-corrected chi connectivity index (χ1v) is 7.37. The van der Waals surface area contributed by atoms with Gasteiger partial charge in [-0.2, -0.15) is 0 Å². The Morgan fingerprint density at radius 2 is 2.00 bits per heavy atom. The molecule has 3 aromatic rings. The van der Waals surface area contributed by atoms with Gasteiger partial charge in [-0.3, -0.25) is 4.79 Å². The molecule has 2 aromatic carbocycles. The molecule has 0 bridgehead atoms. The molecule has 1 amide bonds. The molecule has 0 aliphatic heterocycles. The lowest BCUT2D eigenvalue weighted by Gasteiger charge is -2.04. The van der Waals surface area contributed by atoms with Gasteiger partial charge in [0.15, 0.2) is 0 Å². The third-order valence-corrected chi connectivity index (χ3v) is 3.64. The molecule has 0 saturated carbocycles. The number of H-pyrrole nitrogens is 1. The number of aromatic hydroxyl groups is 1. The van der Waals surface area contributed by atoms with Gasteiger partial charge in [0.2, 0.25) is 0 Å². The Morgan fingerprint density at radius 1 is 1.22 bits per heavy atom. The molecule has 0 radical (unpaired) electrons. The van der Waals surface area contributed by atoms with E-state index in [9.17, 15) is 9.90 Å². The number of imidazole rings is 1. The van der Waals surface area contributed by atoms with Gasteiger partial charge in [-0.15, -0.1) is 0 Å². The molecule has 6 heteroatoms. The maximum atomic E-state index is 12.1. The number of hydrogen-bond donors (Lipinski definition) is 3. The van der Waals surface area contributed by atoms with E-state index in [-0.39, 0.29) is 23.2 Å². The fourth-order valence-electron chi connectivity index (χ4n) is 2.13. The predicted octanol–water partition coefficient (Wildman–Crippen LogP) is 3.37. The number of carbonyl (C=O) groups is 1. The standard InChI is InChI=1S/C17H14ClN3O2/c18-13-8-12(6-7-15(13)22)17(23)20-10-16-19-9-14(21-16)11-4-2-1-3-5-11/h1-9,22H,10H2,(H,19,21)(H,20,23). The van der Waals surface area contributed by atoms with Crippen molar-refractivity contribution in [3.8, 4) is 17.0 Å². The number of carbonyl (C=O) groups excluding carboxylic acids is 1. The van der Waals surface area contributed by atoms with Crippen molar-refractivity contribution in [2.45, 2.75) is 6.54 Å². The minimum absolute atomic E-state index is 0.0539. The Balaban J connectivity index is 1.65. The average molecular weight is 328 g/mol. The van der Waals surface area contributed by atoms with Crippen LogP contribution < -0.4 is 5.32 Å². The second-order valence-electron chi connectivity index (χ2n) is 4.96. The highest BCUT2D eigenvalue weighted by Crippen LogP contribution is 2.23. The molecule has 3 rings (SSSR count). The molecule has 116 valence electrons. The molecule has 0 atom stereocenters. The van der Waals surface area contributed by atoms with E-state index in [4.69, 9.17) is 11.6 Å². The monoisotopic (exact) mass is 327 g/mol. The summed E-state index contributed by atoms with van der Waals surface area (Å²) in [5.41, 5.74) is 2.30. The normalized spacial score (nSPS) is 10.5. The van der Waals surface area contributed by atoms with Crippen molar-refractivity contribution in [1.82, 2.24) is 15.3 Å². The zero-order valence-electron chi connectivity index (χ0n) is 12.1. The van der Waals surface area contributed by atoms with Crippen molar-refractivity contribution >= 4 is 17.5 Å². The number of hydrogen-bond acceptors (Lipinski definition) is 3. The number of benzene rings is 2. The Morgan fingerprint density at radius 3 is 2.74 bits per heavy atom. The number of aromatic nitrogens is 2. The summed E-state index contributed by atoms with van der Waals surface area (Å²) < 4.78 is 0. The second kappa shape index (κ2) is 6.54. The number of halogens is 1. The summed E-state index contributed by atoms with van der Waals surface area (Å²) in [6, 6.07) is 14.1. The molecule has 1 heterocycles. The van der Waals surface area contributed by atoms with Crippen molar-refractivity contribution in [2.75, 3.05) is 0 Å². The van der Waals surface area contributed by atoms with Crippen LogP contribution in [0, 0.1) is 0 Å². The van der Waals surface area contributed by atoms with Crippen molar-refractivity contribution in [3.63, 3.8) is 0 Å². The Labute approximate surface area is 138 Å². The van der Waals surface area contributed by atoms with Gasteiger partial charge in [-0.1, -0.05) is 41.9 Å². The molecule has 0 saturated heterocycles. The third kappa shape index (κ3) is 3.52. The van der Waals surface area contributed by atoms with Gasteiger partial charge in [0, 0.05) is 5.56 Å². The van der Waals surface area contributed by atoms with Gasteiger partial charge in [0.1, 0.15) is 11.6 Å². The van der Waals surface area contributed by atoms with Gasteiger partial charge in [-0.05, 0) is 23.8 Å². The lowest BCUT2D eigenvalue weighted by Crippen LogP contribution is -2.23. The molecular weight excluding hydrogens is 314 g/mol. The molecule has 3 N–H and O–H groups in total. The second-order valence-corrected chi connectivity index (χ2v) is 5.37. The number of rotatable bonds is 4. The van der Waals surface area contributed by atoms with E-state index in [1.807, 2.05) is 30.3 Å². The Bertz CT molecular complexity index is 831. The summed E-state index contributed by atoms with van der Waals surface area (Å²) in [4.78, 5) is 19.5. The third-order valence-electron chi connectivity index (χ3n) is 3.34. The van der Waals surface area contributed by atoms with E-state index in [2.05, 4.69) is 15.3 Å². The summed E-state index contributed by atoms with van der Waals surface area (Å²) in [7, 11) is 0. The summed E-state index contributed by atoms with van der Waals surface area (Å²) >= 11 is 5.80. The fraction of sp³-hybridized carbons (Fsp3) is 0.0588. The number of nitrogens with one attached hydrogen (secondary N) is 2. The van der Waals surface area contributed by atoms with Gasteiger partial charge in [0.05, 0.1) is 23.5 Å². The van der Waals surface area contributed by atoms with Crippen LogP contribution in [-0.4, -0.2) is 21.0 Å². The largest absolute Gasteiger partial charge is 0.506 e. The number of aromatic amines is 1. The number of nitrogens with zero attached hydrogens (tertiary/aromatic N) is 1. The van der Waals surface area contributed by atoms with E-state index in [0.717, 1.165) is 11.3 Å². The van der Waals surface area contributed by atoms with Gasteiger partial charge in [0.25, 0.3) is 5.91 Å². The van der Waals surface area contributed by atoms with Crippen LogP contribution in [0.1, 0.15) is 16.2 Å². The number of phenolic OH excluding ortho intramolecular Hbond substituents is 1. The van der Waals surface area contributed by atoms with Crippen LogP contribution in [0.3, 0.4) is 0 Å². The summed E-state index contributed by atoms with van der Waals surface area (Å²) in [6.07, 6.45) is 1.73. The molecule has 0 aliphatic carbocycles.